The summed E-state index contributed by atoms with van der Waals surface area (Å²) in [7, 11) is 0. The molecule has 2 aliphatic rings. The molecule has 2 heterocycles. The van der Waals surface area contributed by atoms with E-state index in [2.05, 4.69) is 24.5 Å². The summed E-state index contributed by atoms with van der Waals surface area (Å²) in [4.78, 5) is 26.4. The monoisotopic (exact) mass is 321 g/mol. The molecule has 5 heteroatoms. The van der Waals surface area contributed by atoms with Gasteiger partial charge in [-0.05, 0) is 51.0 Å². The van der Waals surface area contributed by atoms with Crippen molar-refractivity contribution in [3.63, 3.8) is 0 Å². The van der Waals surface area contributed by atoms with Gasteiger partial charge in [0.1, 0.15) is 0 Å². The normalized spacial score (nSPS) is 24.3. The van der Waals surface area contributed by atoms with E-state index in [0.29, 0.717) is 12.5 Å². The second kappa shape index (κ2) is 9.06. The number of likely N-dealkylation sites (tertiary alicyclic amines) is 1. The van der Waals surface area contributed by atoms with E-state index in [1.54, 1.807) is 0 Å². The largest absolute Gasteiger partial charge is 0.354 e. The van der Waals surface area contributed by atoms with Crippen molar-refractivity contribution in [2.24, 2.45) is 5.92 Å². The Balaban J connectivity index is 1.79. The number of allylic oxidation sites excluding steroid dienone is 1. The summed E-state index contributed by atoms with van der Waals surface area (Å²) in [5, 5.41) is 6.28. The van der Waals surface area contributed by atoms with Crippen LogP contribution in [0, 0.1) is 5.92 Å². The summed E-state index contributed by atoms with van der Waals surface area (Å²) in [6.45, 7) is 7.40. The molecule has 5 nitrogen and oxygen atoms in total. The average molecular weight is 321 g/mol. The Bertz CT molecular complexity index is 436. The number of hydrogen-bond acceptors (Lipinski definition) is 3. The number of carbonyl (C=O) groups excluding carboxylic acids is 2. The molecule has 0 aromatic heterocycles. The number of hydrogen-bond donors (Lipinski definition) is 2. The first kappa shape index (κ1) is 18.0. The molecule has 2 aliphatic heterocycles. The minimum atomic E-state index is -0.0177. The SMILES string of the molecule is CCC(=CC(=O)N1CCC[C@@H](CNC(=O)[C@@H]2CCCN2)C1)CC. The lowest BCUT2D eigenvalue weighted by Gasteiger charge is -2.32. The highest BCUT2D eigenvalue weighted by Crippen LogP contribution is 2.17. The fourth-order valence-corrected chi connectivity index (χ4v) is 3.43. The van der Waals surface area contributed by atoms with Gasteiger partial charge in [0.05, 0.1) is 6.04 Å². The molecule has 0 unspecified atom stereocenters. The van der Waals surface area contributed by atoms with Crippen LogP contribution < -0.4 is 10.6 Å². The van der Waals surface area contributed by atoms with Gasteiger partial charge < -0.3 is 15.5 Å². The number of carbonyl (C=O) groups is 2. The Kier molecular flexibility index (Phi) is 7.09. The molecule has 2 N–H and O–H groups in total. The van der Waals surface area contributed by atoms with Crippen molar-refractivity contribution in [3.05, 3.63) is 11.6 Å². The molecule has 2 rings (SSSR count). The summed E-state index contributed by atoms with van der Waals surface area (Å²) in [6.07, 6.45) is 7.79. The Hall–Kier alpha value is -1.36. The molecule has 0 aromatic carbocycles. The lowest BCUT2D eigenvalue weighted by molar-refractivity contribution is -0.127. The Morgan fingerprint density at radius 3 is 2.65 bits per heavy atom. The predicted molar refractivity (Wildman–Crippen MR) is 92.0 cm³/mol. The van der Waals surface area contributed by atoms with Gasteiger partial charge in [-0.1, -0.05) is 19.4 Å². The Morgan fingerprint density at radius 1 is 1.22 bits per heavy atom. The highest BCUT2D eigenvalue weighted by Gasteiger charge is 2.25. The van der Waals surface area contributed by atoms with Crippen LogP contribution >= 0.6 is 0 Å². The Morgan fingerprint density at radius 2 is 2.00 bits per heavy atom. The van der Waals surface area contributed by atoms with Gasteiger partial charge in [-0.2, -0.15) is 0 Å². The molecule has 2 amide bonds. The average Bonchev–Trinajstić information content (AvgIpc) is 3.12. The summed E-state index contributed by atoms with van der Waals surface area (Å²) in [5.41, 5.74) is 1.21. The number of rotatable bonds is 6. The van der Waals surface area contributed by atoms with Crippen LogP contribution in [0.25, 0.3) is 0 Å². The first-order valence-corrected chi connectivity index (χ1v) is 9.13. The van der Waals surface area contributed by atoms with Crippen molar-refractivity contribution in [2.45, 2.75) is 58.4 Å². The van der Waals surface area contributed by atoms with Crippen molar-refractivity contribution in [1.29, 1.82) is 0 Å². The first-order valence-electron chi connectivity index (χ1n) is 9.13. The van der Waals surface area contributed by atoms with Gasteiger partial charge in [0, 0.05) is 25.7 Å². The van der Waals surface area contributed by atoms with Gasteiger partial charge in [-0.25, -0.2) is 0 Å². The summed E-state index contributed by atoms with van der Waals surface area (Å²) in [5.74, 6) is 0.625. The second-order valence-corrected chi connectivity index (χ2v) is 6.70. The number of piperidine rings is 1. The van der Waals surface area contributed by atoms with E-state index >= 15 is 0 Å². The summed E-state index contributed by atoms with van der Waals surface area (Å²) >= 11 is 0. The van der Waals surface area contributed by atoms with E-state index in [4.69, 9.17) is 0 Å². The van der Waals surface area contributed by atoms with Crippen LogP contribution in [0.15, 0.2) is 11.6 Å². The molecule has 0 radical (unpaired) electrons. The number of nitrogens with zero attached hydrogens (tertiary/aromatic N) is 1. The van der Waals surface area contributed by atoms with Crippen molar-refractivity contribution < 1.29 is 9.59 Å². The van der Waals surface area contributed by atoms with E-state index in [9.17, 15) is 9.59 Å². The standard InChI is InChI=1S/C18H31N3O2/c1-3-14(4-2)11-17(22)21-10-6-7-15(13-21)12-20-18(23)16-8-5-9-19-16/h11,15-16,19H,3-10,12-13H2,1-2H3,(H,20,23)/t15-,16-/m0/s1. The highest BCUT2D eigenvalue weighted by atomic mass is 16.2. The van der Waals surface area contributed by atoms with Crippen LogP contribution in [0.2, 0.25) is 0 Å². The smallest absolute Gasteiger partial charge is 0.246 e. The molecule has 0 aliphatic carbocycles. The van der Waals surface area contributed by atoms with Crippen LogP contribution in [0.5, 0.6) is 0 Å². The van der Waals surface area contributed by atoms with E-state index < -0.39 is 0 Å². The molecule has 2 atom stereocenters. The van der Waals surface area contributed by atoms with E-state index in [1.165, 1.54) is 5.57 Å². The van der Waals surface area contributed by atoms with Crippen LogP contribution in [0.1, 0.15) is 52.4 Å². The maximum Gasteiger partial charge on any atom is 0.246 e. The third kappa shape index (κ3) is 5.34. The van der Waals surface area contributed by atoms with Crippen molar-refractivity contribution in [2.75, 3.05) is 26.2 Å². The molecule has 2 saturated heterocycles. The maximum atomic E-state index is 12.4. The van der Waals surface area contributed by atoms with Crippen molar-refractivity contribution in [3.8, 4) is 0 Å². The maximum absolute atomic E-state index is 12.4. The van der Waals surface area contributed by atoms with Crippen LogP contribution in [-0.2, 0) is 9.59 Å². The van der Waals surface area contributed by atoms with Crippen LogP contribution in [-0.4, -0.2) is 48.9 Å². The number of nitrogens with one attached hydrogen (secondary N) is 2. The quantitative estimate of drug-likeness (QED) is 0.734. The predicted octanol–water partition coefficient (Wildman–Crippen LogP) is 1.84. The second-order valence-electron chi connectivity index (χ2n) is 6.70. The minimum Gasteiger partial charge on any atom is -0.354 e. The molecule has 0 saturated carbocycles. The fraction of sp³-hybridized carbons (Fsp3) is 0.778. The Labute approximate surface area is 139 Å². The van der Waals surface area contributed by atoms with Crippen molar-refractivity contribution in [1.82, 2.24) is 15.5 Å². The summed E-state index contributed by atoms with van der Waals surface area (Å²) in [6, 6.07) is -0.0177. The van der Waals surface area contributed by atoms with E-state index in [1.807, 2.05) is 11.0 Å². The van der Waals surface area contributed by atoms with E-state index in [0.717, 1.165) is 58.2 Å². The van der Waals surface area contributed by atoms with Gasteiger partial charge in [0.25, 0.3) is 0 Å². The molecule has 130 valence electrons. The molecule has 0 aromatic rings. The van der Waals surface area contributed by atoms with Gasteiger partial charge in [0.15, 0.2) is 0 Å². The molecule has 2 fully saturated rings. The highest BCUT2D eigenvalue weighted by molar-refractivity contribution is 5.88. The van der Waals surface area contributed by atoms with Gasteiger partial charge in [-0.3, -0.25) is 9.59 Å². The molecular weight excluding hydrogens is 290 g/mol. The zero-order chi connectivity index (χ0) is 16.7. The zero-order valence-electron chi connectivity index (χ0n) is 14.6. The van der Waals surface area contributed by atoms with Crippen molar-refractivity contribution >= 4 is 11.8 Å². The molecule has 0 spiro atoms. The summed E-state index contributed by atoms with van der Waals surface area (Å²) < 4.78 is 0. The number of amides is 2. The third-order valence-electron chi connectivity index (χ3n) is 5.01. The van der Waals surface area contributed by atoms with Crippen LogP contribution in [0.3, 0.4) is 0 Å². The molecular formula is C18H31N3O2. The van der Waals surface area contributed by atoms with Gasteiger partial charge in [-0.15, -0.1) is 0 Å². The topological polar surface area (TPSA) is 61.4 Å². The van der Waals surface area contributed by atoms with Crippen LogP contribution in [0.4, 0.5) is 0 Å². The van der Waals surface area contributed by atoms with Gasteiger partial charge in [0.2, 0.25) is 11.8 Å². The zero-order valence-corrected chi connectivity index (χ0v) is 14.6. The first-order chi connectivity index (χ1) is 11.1. The lowest BCUT2D eigenvalue weighted by atomic mass is 9.97. The van der Waals surface area contributed by atoms with Gasteiger partial charge >= 0.3 is 0 Å². The third-order valence-corrected chi connectivity index (χ3v) is 5.01. The lowest BCUT2D eigenvalue weighted by Crippen LogP contribution is -2.46. The molecule has 23 heavy (non-hydrogen) atoms. The fourth-order valence-electron chi connectivity index (χ4n) is 3.43. The molecule has 0 bridgehead atoms. The minimum absolute atomic E-state index is 0.0177. The van der Waals surface area contributed by atoms with E-state index in [-0.39, 0.29) is 17.9 Å².